The number of carboxylic acid groups (broad SMARTS) is 1. The molecule has 0 saturated carbocycles. The van der Waals surface area contributed by atoms with Gasteiger partial charge in [-0.1, -0.05) is 45.4 Å². The minimum absolute atomic E-state index is 0.307. The Kier molecular flexibility index (Phi) is 11.4. The molecule has 4 nitrogen and oxygen atoms in total. The molecule has 1 saturated heterocycles. The number of carbonyl (C=O) groups is 1. The highest BCUT2D eigenvalue weighted by atomic mass is 16.5. The molecule has 0 radical (unpaired) electrons. The standard InChI is InChI=1S/C18H34O4/c1-2-3-4-9-12-21-14-17-15-22-13-16(17)10-7-5-6-8-11-18(19)20/h16-17H,2-15H2,1H3,(H,19,20). The highest BCUT2D eigenvalue weighted by molar-refractivity contribution is 5.66. The van der Waals surface area contributed by atoms with Crippen LogP contribution in [0.2, 0.25) is 0 Å². The molecule has 2 unspecified atom stereocenters. The molecule has 1 N–H and O–H groups in total. The second kappa shape index (κ2) is 12.9. The molecule has 1 aliphatic rings. The summed E-state index contributed by atoms with van der Waals surface area (Å²) in [6, 6.07) is 0. The van der Waals surface area contributed by atoms with Gasteiger partial charge in [0, 0.05) is 25.6 Å². The molecule has 0 bridgehead atoms. The van der Waals surface area contributed by atoms with Crippen molar-refractivity contribution in [2.75, 3.05) is 26.4 Å². The lowest BCUT2D eigenvalue weighted by Crippen LogP contribution is -2.19. The predicted molar refractivity (Wildman–Crippen MR) is 88.1 cm³/mol. The highest BCUT2D eigenvalue weighted by Crippen LogP contribution is 2.26. The van der Waals surface area contributed by atoms with Crippen molar-refractivity contribution in [1.29, 1.82) is 0 Å². The van der Waals surface area contributed by atoms with Crippen molar-refractivity contribution in [3.05, 3.63) is 0 Å². The van der Waals surface area contributed by atoms with Gasteiger partial charge >= 0.3 is 5.97 Å². The van der Waals surface area contributed by atoms with Crippen LogP contribution in [0.15, 0.2) is 0 Å². The summed E-state index contributed by atoms with van der Waals surface area (Å²) in [4.78, 5) is 10.4. The van der Waals surface area contributed by atoms with Crippen LogP contribution in [0.1, 0.15) is 71.1 Å². The fourth-order valence-corrected chi connectivity index (χ4v) is 3.05. The molecular formula is C18H34O4. The van der Waals surface area contributed by atoms with Gasteiger partial charge in [0.05, 0.1) is 13.2 Å². The fraction of sp³-hybridized carbons (Fsp3) is 0.944. The Hall–Kier alpha value is -0.610. The fourth-order valence-electron chi connectivity index (χ4n) is 3.05. The van der Waals surface area contributed by atoms with Crippen LogP contribution in [0.4, 0.5) is 0 Å². The van der Waals surface area contributed by atoms with Crippen molar-refractivity contribution in [2.24, 2.45) is 11.8 Å². The van der Waals surface area contributed by atoms with Gasteiger partial charge in [0.1, 0.15) is 0 Å². The van der Waals surface area contributed by atoms with E-state index in [4.69, 9.17) is 14.6 Å². The Bertz CT molecular complexity index is 280. The summed E-state index contributed by atoms with van der Waals surface area (Å²) in [5.41, 5.74) is 0. The maximum atomic E-state index is 10.4. The van der Waals surface area contributed by atoms with Crippen molar-refractivity contribution in [2.45, 2.75) is 71.1 Å². The van der Waals surface area contributed by atoms with E-state index in [9.17, 15) is 4.79 Å². The molecule has 2 atom stereocenters. The van der Waals surface area contributed by atoms with E-state index in [0.717, 1.165) is 45.7 Å². The predicted octanol–water partition coefficient (Wildman–Crippen LogP) is 4.27. The monoisotopic (exact) mass is 314 g/mol. The van der Waals surface area contributed by atoms with Crippen LogP contribution in [0.5, 0.6) is 0 Å². The zero-order chi connectivity index (χ0) is 16.0. The van der Waals surface area contributed by atoms with Gasteiger partial charge in [-0.15, -0.1) is 0 Å². The van der Waals surface area contributed by atoms with Gasteiger partial charge < -0.3 is 14.6 Å². The Morgan fingerprint density at radius 1 is 1.05 bits per heavy atom. The van der Waals surface area contributed by atoms with Crippen LogP contribution in [0.3, 0.4) is 0 Å². The number of carboxylic acids is 1. The van der Waals surface area contributed by atoms with E-state index in [2.05, 4.69) is 6.92 Å². The Morgan fingerprint density at radius 3 is 2.55 bits per heavy atom. The van der Waals surface area contributed by atoms with Crippen LogP contribution in [0, 0.1) is 11.8 Å². The largest absolute Gasteiger partial charge is 0.481 e. The number of hydrogen-bond donors (Lipinski definition) is 1. The highest BCUT2D eigenvalue weighted by Gasteiger charge is 2.27. The average Bonchev–Trinajstić information content (AvgIpc) is 2.93. The molecule has 4 heteroatoms. The first-order chi connectivity index (χ1) is 10.7. The zero-order valence-corrected chi connectivity index (χ0v) is 14.2. The van der Waals surface area contributed by atoms with Gasteiger partial charge in [0.25, 0.3) is 0 Å². The van der Waals surface area contributed by atoms with Gasteiger partial charge in [0.15, 0.2) is 0 Å². The third-order valence-electron chi connectivity index (χ3n) is 4.52. The molecule has 0 aromatic heterocycles. The first-order valence-electron chi connectivity index (χ1n) is 9.11. The topological polar surface area (TPSA) is 55.8 Å². The average molecular weight is 314 g/mol. The first kappa shape index (κ1) is 19.4. The molecule has 1 aliphatic heterocycles. The maximum absolute atomic E-state index is 10.4. The van der Waals surface area contributed by atoms with Crippen molar-refractivity contribution >= 4 is 5.97 Å². The first-order valence-corrected chi connectivity index (χ1v) is 9.11. The molecule has 130 valence electrons. The van der Waals surface area contributed by atoms with Crippen LogP contribution >= 0.6 is 0 Å². The smallest absolute Gasteiger partial charge is 0.303 e. The molecule has 0 aromatic carbocycles. The molecule has 22 heavy (non-hydrogen) atoms. The van der Waals surface area contributed by atoms with E-state index in [0.29, 0.717) is 18.3 Å². The number of ether oxygens (including phenoxy) is 2. The van der Waals surface area contributed by atoms with Crippen molar-refractivity contribution < 1.29 is 19.4 Å². The lowest BCUT2D eigenvalue weighted by molar-refractivity contribution is -0.137. The quantitative estimate of drug-likeness (QED) is 0.486. The zero-order valence-electron chi connectivity index (χ0n) is 14.2. The van der Waals surface area contributed by atoms with E-state index >= 15 is 0 Å². The van der Waals surface area contributed by atoms with E-state index < -0.39 is 5.97 Å². The normalized spacial score (nSPS) is 21.3. The van der Waals surface area contributed by atoms with Crippen LogP contribution in [-0.2, 0) is 14.3 Å². The lowest BCUT2D eigenvalue weighted by atomic mass is 9.91. The minimum Gasteiger partial charge on any atom is -0.481 e. The third-order valence-corrected chi connectivity index (χ3v) is 4.52. The second-order valence-corrected chi connectivity index (χ2v) is 6.54. The number of rotatable bonds is 14. The molecule has 0 aliphatic carbocycles. The van der Waals surface area contributed by atoms with E-state index in [1.54, 1.807) is 0 Å². The van der Waals surface area contributed by atoms with E-state index in [-0.39, 0.29) is 0 Å². The summed E-state index contributed by atoms with van der Waals surface area (Å²) in [5, 5.41) is 8.60. The number of hydrogen-bond acceptors (Lipinski definition) is 3. The van der Waals surface area contributed by atoms with Crippen LogP contribution in [0.25, 0.3) is 0 Å². The SMILES string of the molecule is CCCCCCOCC1COCC1CCCCCCC(=O)O. The van der Waals surface area contributed by atoms with Crippen molar-refractivity contribution in [1.82, 2.24) is 0 Å². The molecule has 0 aromatic rings. The summed E-state index contributed by atoms with van der Waals surface area (Å²) in [6.07, 6.45) is 10.7. The minimum atomic E-state index is -0.680. The third kappa shape index (κ3) is 9.42. The van der Waals surface area contributed by atoms with Gasteiger partial charge in [-0.05, 0) is 25.2 Å². The van der Waals surface area contributed by atoms with E-state index in [1.165, 1.54) is 38.5 Å². The number of aliphatic carboxylic acids is 1. The van der Waals surface area contributed by atoms with Crippen LogP contribution in [-0.4, -0.2) is 37.5 Å². The molecule has 1 fully saturated rings. The lowest BCUT2D eigenvalue weighted by Gasteiger charge is -2.17. The summed E-state index contributed by atoms with van der Waals surface area (Å²) in [5.74, 6) is 0.514. The molecule has 1 heterocycles. The number of unbranched alkanes of at least 4 members (excludes halogenated alkanes) is 6. The summed E-state index contributed by atoms with van der Waals surface area (Å²) < 4.78 is 11.4. The molecule has 1 rings (SSSR count). The Morgan fingerprint density at radius 2 is 1.77 bits per heavy atom. The molecule has 0 amide bonds. The summed E-state index contributed by atoms with van der Waals surface area (Å²) >= 11 is 0. The van der Waals surface area contributed by atoms with Crippen molar-refractivity contribution in [3.8, 4) is 0 Å². The van der Waals surface area contributed by atoms with Crippen molar-refractivity contribution in [3.63, 3.8) is 0 Å². The van der Waals surface area contributed by atoms with Gasteiger partial charge in [-0.3, -0.25) is 4.79 Å². The van der Waals surface area contributed by atoms with Gasteiger partial charge in [-0.25, -0.2) is 0 Å². The van der Waals surface area contributed by atoms with Gasteiger partial charge in [-0.2, -0.15) is 0 Å². The van der Waals surface area contributed by atoms with Gasteiger partial charge in [0.2, 0.25) is 0 Å². The Balaban J connectivity index is 1.99. The second-order valence-electron chi connectivity index (χ2n) is 6.54. The maximum Gasteiger partial charge on any atom is 0.303 e. The molecular weight excluding hydrogens is 280 g/mol. The molecule has 0 spiro atoms. The Labute approximate surface area is 135 Å². The van der Waals surface area contributed by atoms with E-state index in [1.807, 2.05) is 0 Å². The summed E-state index contributed by atoms with van der Waals surface area (Å²) in [6.45, 7) is 5.68. The van der Waals surface area contributed by atoms with Crippen LogP contribution < -0.4 is 0 Å². The summed E-state index contributed by atoms with van der Waals surface area (Å²) in [7, 11) is 0.